The number of ether oxygens (including phenoxy) is 3. The predicted molar refractivity (Wildman–Crippen MR) is 89.0 cm³/mol. The minimum atomic E-state index is -1.17. The number of nitrogens with zero attached hydrogens (tertiary/aromatic N) is 1. The summed E-state index contributed by atoms with van der Waals surface area (Å²) in [6, 6.07) is 8.70. The van der Waals surface area contributed by atoms with Gasteiger partial charge in [-0.25, -0.2) is 4.79 Å². The first-order valence-corrected chi connectivity index (χ1v) is 7.88. The van der Waals surface area contributed by atoms with Gasteiger partial charge in [0.15, 0.2) is 6.10 Å². The number of rotatable bonds is 4. The molecule has 0 N–H and O–H groups in total. The first kappa shape index (κ1) is 17.5. The fourth-order valence-corrected chi connectivity index (χ4v) is 2.69. The van der Waals surface area contributed by atoms with Gasteiger partial charge in [0.2, 0.25) is 6.29 Å². The van der Waals surface area contributed by atoms with Gasteiger partial charge in [-0.15, -0.1) is 0 Å². The summed E-state index contributed by atoms with van der Waals surface area (Å²) in [6.45, 7) is 1.50. The van der Waals surface area contributed by atoms with Gasteiger partial charge in [-0.2, -0.15) is 0 Å². The van der Waals surface area contributed by atoms with Crippen LogP contribution in [0.3, 0.4) is 0 Å². The number of carbonyl (C=O) groups excluding carboxylic acids is 1. The van der Waals surface area contributed by atoms with E-state index in [1.165, 1.54) is 31.2 Å². The van der Waals surface area contributed by atoms with Gasteiger partial charge in [0.05, 0.1) is 9.95 Å². The van der Waals surface area contributed by atoms with Gasteiger partial charge in [-0.05, 0) is 37.3 Å². The second-order valence-corrected chi connectivity index (χ2v) is 6.05. The molecule has 9 heteroatoms. The zero-order valence-corrected chi connectivity index (χ0v) is 14.3. The molecular weight excluding hydrogens is 373 g/mol. The minimum absolute atomic E-state index is 0.0743. The smallest absolute Gasteiger partial charge is 0.337 e. The van der Waals surface area contributed by atoms with Crippen LogP contribution in [0.15, 0.2) is 36.4 Å². The van der Waals surface area contributed by atoms with Crippen LogP contribution in [0.1, 0.15) is 18.8 Å². The summed E-state index contributed by atoms with van der Waals surface area (Å²) in [5.74, 6) is -0.000961. The molecule has 0 aromatic heterocycles. The van der Waals surface area contributed by atoms with Crippen molar-refractivity contribution in [2.45, 2.75) is 19.3 Å². The lowest BCUT2D eigenvalue weighted by atomic mass is 10.1. The minimum Gasteiger partial charge on any atom is -0.456 e. The highest BCUT2D eigenvalue weighted by molar-refractivity contribution is 6.35. The van der Waals surface area contributed by atoms with Crippen molar-refractivity contribution in [2.24, 2.45) is 0 Å². The Balaban J connectivity index is 1.95. The normalized spacial score (nSPS) is 19.6. The second-order valence-electron chi connectivity index (χ2n) is 5.20. The molecule has 2 unspecified atom stereocenters. The highest BCUT2D eigenvalue weighted by Crippen LogP contribution is 2.38. The summed E-state index contributed by atoms with van der Waals surface area (Å²) >= 11 is 11.9. The van der Waals surface area contributed by atoms with Gasteiger partial charge in [-0.3, -0.25) is 10.1 Å². The number of cyclic esters (lactones) is 1. The fraction of sp³-hybridized carbons (Fsp3) is 0.188. The van der Waals surface area contributed by atoms with Crippen LogP contribution in [0.4, 0.5) is 5.69 Å². The van der Waals surface area contributed by atoms with Crippen LogP contribution >= 0.6 is 23.2 Å². The maximum atomic E-state index is 11.5. The largest absolute Gasteiger partial charge is 0.456 e. The van der Waals surface area contributed by atoms with E-state index in [2.05, 4.69) is 0 Å². The molecule has 2 atom stereocenters. The predicted octanol–water partition coefficient (Wildman–Crippen LogP) is 4.65. The highest BCUT2D eigenvalue weighted by Gasteiger charge is 2.37. The van der Waals surface area contributed by atoms with E-state index in [0.717, 1.165) is 0 Å². The van der Waals surface area contributed by atoms with Crippen molar-refractivity contribution in [3.05, 3.63) is 62.1 Å². The van der Waals surface area contributed by atoms with Crippen LogP contribution < -0.4 is 4.74 Å². The van der Waals surface area contributed by atoms with Crippen LogP contribution in [-0.2, 0) is 14.3 Å². The van der Waals surface area contributed by atoms with Crippen molar-refractivity contribution < 1.29 is 23.9 Å². The van der Waals surface area contributed by atoms with E-state index in [1.54, 1.807) is 12.1 Å². The van der Waals surface area contributed by atoms with Gasteiger partial charge in [-0.1, -0.05) is 23.2 Å². The van der Waals surface area contributed by atoms with E-state index in [0.29, 0.717) is 10.8 Å². The summed E-state index contributed by atoms with van der Waals surface area (Å²) in [7, 11) is 0. The molecule has 130 valence electrons. The zero-order valence-electron chi connectivity index (χ0n) is 12.8. The van der Waals surface area contributed by atoms with Gasteiger partial charge in [0.1, 0.15) is 17.1 Å². The van der Waals surface area contributed by atoms with E-state index < -0.39 is 23.3 Å². The molecule has 0 amide bonds. The molecular formula is C16H11Cl2NO6. The molecule has 2 aromatic rings. The van der Waals surface area contributed by atoms with Crippen LogP contribution in [0.25, 0.3) is 0 Å². The van der Waals surface area contributed by atoms with Crippen molar-refractivity contribution in [2.75, 3.05) is 0 Å². The molecule has 3 rings (SSSR count). The van der Waals surface area contributed by atoms with Gasteiger partial charge in [0.25, 0.3) is 5.69 Å². The summed E-state index contributed by atoms with van der Waals surface area (Å²) in [6.07, 6.45) is -1.98. The standard InChI is InChI=1S/C16H11Cl2NO6/c1-8-15(20)25-16(23-8)11-7-10(3-4-13(11)19(21)22)24-14-5-2-9(17)6-12(14)18/h2-8,16H,1H3. The Morgan fingerprint density at radius 3 is 2.56 bits per heavy atom. The summed E-state index contributed by atoms with van der Waals surface area (Å²) in [5, 5.41) is 12.0. The molecule has 1 heterocycles. The third-order valence-electron chi connectivity index (χ3n) is 3.45. The summed E-state index contributed by atoms with van der Waals surface area (Å²) < 4.78 is 16.0. The molecule has 0 spiro atoms. The number of nitro benzene ring substituents is 1. The van der Waals surface area contributed by atoms with Crippen LogP contribution in [0.2, 0.25) is 10.0 Å². The van der Waals surface area contributed by atoms with Crippen LogP contribution in [0, 0.1) is 10.1 Å². The van der Waals surface area contributed by atoms with Crippen molar-refractivity contribution in [3.8, 4) is 11.5 Å². The van der Waals surface area contributed by atoms with Crippen molar-refractivity contribution >= 4 is 34.9 Å². The average molecular weight is 384 g/mol. The second kappa shape index (κ2) is 6.87. The summed E-state index contributed by atoms with van der Waals surface area (Å²) in [5.41, 5.74) is -0.174. The number of carbonyl (C=O) groups is 1. The van der Waals surface area contributed by atoms with Gasteiger partial charge < -0.3 is 14.2 Å². The molecule has 0 radical (unpaired) electrons. The number of benzene rings is 2. The molecule has 2 aromatic carbocycles. The van der Waals surface area contributed by atoms with E-state index in [4.69, 9.17) is 37.4 Å². The Bertz CT molecular complexity index is 857. The molecule has 0 bridgehead atoms. The van der Waals surface area contributed by atoms with E-state index in [9.17, 15) is 14.9 Å². The Morgan fingerprint density at radius 1 is 1.20 bits per heavy atom. The quantitative estimate of drug-likeness (QED) is 0.433. The fourth-order valence-electron chi connectivity index (χ4n) is 2.24. The van der Waals surface area contributed by atoms with Crippen LogP contribution in [0.5, 0.6) is 11.5 Å². The Labute approximate surface area is 152 Å². The van der Waals surface area contributed by atoms with Crippen molar-refractivity contribution in [1.82, 2.24) is 0 Å². The number of halogens is 2. The molecule has 1 aliphatic rings. The van der Waals surface area contributed by atoms with E-state index in [1.807, 2.05) is 0 Å². The number of esters is 1. The van der Waals surface area contributed by atoms with Crippen LogP contribution in [-0.4, -0.2) is 17.0 Å². The van der Waals surface area contributed by atoms with Crippen molar-refractivity contribution in [3.63, 3.8) is 0 Å². The van der Waals surface area contributed by atoms with E-state index in [-0.39, 0.29) is 22.0 Å². The maximum absolute atomic E-state index is 11.5. The number of hydrogen-bond donors (Lipinski definition) is 0. The third-order valence-corrected chi connectivity index (χ3v) is 3.98. The summed E-state index contributed by atoms with van der Waals surface area (Å²) in [4.78, 5) is 22.2. The number of hydrogen-bond acceptors (Lipinski definition) is 6. The monoisotopic (exact) mass is 383 g/mol. The molecule has 1 aliphatic heterocycles. The topological polar surface area (TPSA) is 87.9 Å². The van der Waals surface area contributed by atoms with Gasteiger partial charge in [0, 0.05) is 11.1 Å². The molecule has 1 fully saturated rings. The Hall–Kier alpha value is -2.35. The zero-order chi connectivity index (χ0) is 18.1. The maximum Gasteiger partial charge on any atom is 0.337 e. The molecule has 1 saturated heterocycles. The molecule has 0 saturated carbocycles. The molecule has 25 heavy (non-hydrogen) atoms. The molecule has 7 nitrogen and oxygen atoms in total. The van der Waals surface area contributed by atoms with E-state index >= 15 is 0 Å². The van der Waals surface area contributed by atoms with Gasteiger partial charge >= 0.3 is 5.97 Å². The lowest BCUT2D eigenvalue weighted by Crippen LogP contribution is -2.09. The first-order valence-electron chi connectivity index (χ1n) is 7.12. The highest BCUT2D eigenvalue weighted by atomic mass is 35.5. The average Bonchev–Trinajstić information content (AvgIpc) is 2.89. The Kier molecular flexibility index (Phi) is 4.80. The third kappa shape index (κ3) is 3.68. The Morgan fingerprint density at radius 2 is 1.96 bits per heavy atom. The molecule has 0 aliphatic carbocycles. The lowest BCUT2D eigenvalue weighted by molar-refractivity contribution is -0.386. The lowest BCUT2D eigenvalue weighted by Gasteiger charge is -2.13. The first-order chi connectivity index (χ1) is 11.8. The van der Waals surface area contributed by atoms with Crippen molar-refractivity contribution in [1.29, 1.82) is 0 Å². The number of nitro groups is 1. The SMILES string of the molecule is CC1OC(c2cc(Oc3ccc(Cl)cc3Cl)ccc2[N+](=O)[O-])OC1=O.